The lowest BCUT2D eigenvalue weighted by atomic mass is 10.2. The first kappa shape index (κ1) is 16.8. The van der Waals surface area contributed by atoms with Crippen molar-refractivity contribution in [2.75, 3.05) is 18.0 Å². The van der Waals surface area contributed by atoms with Crippen LogP contribution in [0, 0.1) is 11.8 Å². The van der Waals surface area contributed by atoms with Gasteiger partial charge in [0.25, 0.3) is 0 Å². The Kier molecular flexibility index (Phi) is 6.06. The van der Waals surface area contributed by atoms with E-state index in [-0.39, 0.29) is 0 Å². The number of aryl methyl sites for hydroxylation is 1. The predicted molar refractivity (Wildman–Crippen MR) is 93.2 cm³/mol. The smallest absolute Gasteiger partial charge is 0.186 e. The molecule has 1 aliphatic rings. The highest BCUT2D eigenvalue weighted by molar-refractivity contribution is 7.15. The van der Waals surface area contributed by atoms with Crippen molar-refractivity contribution in [1.29, 1.82) is 0 Å². The molecule has 0 amide bonds. The highest BCUT2D eigenvalue weighted by atomic mass is 32.1. The summed E-state index contributed by atoms with van der Waals surface area (Å²) in [6.07, 6.45) is 3.83. The van der Waals surface area contributed by atoms with Gasteiger partial charge in [-0.15, -0.1) is 11.3 Å². The van der Waals surface area contributed by atoms with Gasteiger partial charge in [0.05, 0.1) is 5.69 Å². The average molecular weight is 310 g/mol. The number of anilines is 1. The molecule has 1 fully saturated rings. The number of rotatable bonds is 9. The maximum atomic E-state index is 4.93. The third-order valence-corrected chi connectivity index (χ3v) is 5.10. The molecule has 0 unspecified atom stereocenters. The molecule has 0 radical (unpaired) electrons. The minimum Gasteiger partial charge on any atom is -0.345 e. The second-order valence-corrected chi connectivity index (χ2v) is 8.00. The standard InChI is InChI=1S/C17H31N3S/c1-6-15-16(10-18-9-12(2)3)21-17(19-15)20(13(4)5)11-14-7-8-14/h12-14,18H,6-11H2,1-5H3. The second-order valence-electron chi connectivity index (χ2n) is 6.93. The van der Waals surface area contributed by atoms with Crippen LogP contribution in [0.25, 0.3) is 0 Å². The van der Waals surface area contributed by atoms with E-state index in [2.05, 4.69) is 44.8 Å². The molecule has 0 bridgehead atoms. The lowest BCUT2D eigenvalue weighted by molar-refractivity contribution is 0.553. The Balaban J connectivity index is 2.05. The summed E-state index contributed by atoms with van der Waals surface area (Å²) >= 11 is 1.89. The molecule has 0 atom stereocenters. The van der Waals surface area contributed by atoms with E-state index < -0.39 is 0 Å². The SMILES string of the molecule is CCc1nc(N(CC2CC2)C(C)C)sc1CNCC(C)C. The van der Waals surface area contributed by atoms with Crippen LogP contribution < -0.4 is 10.2 Å². The number of nitrogens with one attached hydrogen (secondary N) is 1. The van der Waals surface area contributed by atoms with E-state index in [0.717, 1.165) is 25.4 Å². The highest BCUT2D eigenvalue weighted by Gasteiger charge is 2.27. The van der Waals surface area contributed by atoms with Crippen molar-refractivity contribution < 1.29 is 0 Å². The molecule has 1 aromatic rings. The van der Waals surface area contributed by atoms with E-state index in [1.807, 2.05) is 11.3 Å². The number of hydrogen-bond donors (Lipinski definition) is 1. The summed E-state index contributed by atoms with van der Waals surface area (Å²) in [4.78, 5) is 8.87. The summed E-state index contributed by atoms with van der Waals surface area (Å²) in [6, 6.07) is 0.540. The largest absolute Gasteiger partial charge is 0.345 e. The van der Waals surface area contributed by atoms with E-state index in [9.17, 15) is 0 Å². The summed E-state index contributed by atoms with van der Waals surface area (Å²) in [5.41, 5.74) is 1.28. The zero-order valence-corrected chi connectivity index (χ0v) is 15.1. The van der Waals surface area contributed by atoms with Gasteiger partial charge in [-0.25, -0.2) is 4.98 Å². The van der Waals surface area contributed by atoms with Crippen molar-refractivity contribution in [1.82, 2.24) is 10.3 Å². The quantitative estimate of drug-likeness (QED) is 0.745. The first-order chi connectivity index (χ1) is 10.0. The van der Waals surface area contributed by atoms with Gasteiger partial charge >= 0.3 is 0 Å². The number of nitrogens with zero attached hydrogens (tertiary/aromatic N) is 2. The molecule has 1 N–H and O–H groups in total. The summed E-state index contributed by atoms with van der Waals surface area (Å²) in [5, 5.41) is 4.79. The first-order valence-corrected chi connectivity index (χ1v) is 9.28. The van der Waals surface area contributed by atoms with Crippen LogP contribution in [0.1, 0.15) is 58.0 Å². The summed E-state index contributed by atoms with van der Waals surface area (Å²) in [5.74, 6) is 1.60. The maximum Gasteiger partial charge on any atom is 0.186 e. The molecule has 0 saturated heterocycles. The molecule has 1 aliphatic carbocycles. The summed E-state index contributed by atoms with van der Waals surface area (Å²) in [7, 11) is 0. The lowest BCUT2D eigenvalue weighted by Gasteiger charge is -2.26. The van der Waals surface area contributed by atoms with Crippen molar-refractivity contribution in [2.45, 2.75) is 66.5 Å². The zero-order valence-electron chi connectivity index (χ0n) is 14.3. The van der Waals surface area contributed by atoms with Crippen LogP contribution in [-0.2, 0) is 13.0 Å². The Labute approximate surface area is 134 Å². The van der Waals surface area contributed by atoms with Crippen LogP contribution in [0.5, 0.6) is 0 Å². The second kappa shape index (κ2) is 7.59. The molecule has 1 saturated carbocycles. The van der Waals surface area contributed by atoms with E-state index in [0.29, 0.717) is 12.0 Å². The highest BCUT2D eigenvalue weighted by Crippen LogP contribution is 2.34. The fourth-order valence-corrected chi connectivity index (χ4v) is 3.73. The Morgan fingerprint density at radius 2 is 2.00 bits per heavy atom. The zero-order chi connectivity index (χ0) is 15.4. The summed E-state index contributed by atoms with van der Waals surface area (Å²) in [6.45, 7) is 14.5. The minimum absolute atomic E-state index is 0.540. The molecule has 120 valence electrons. The molecule has 1 aromatic heterocycles. The fraction of sp³-hybridized carbons (Fsp3) is 0.824. The minimum atomic E-state index is 0.540. The monoisotopic (exact) mass is 309 g/mol. The lowest BCUT2D eigenvalue weighted by Crippen LogP contribution is -2.32. The Morgan fingerprint density at radius 3 is 2.52 bits per heavy atom. The van der Waals surface area contributed by atoms with E-state index in [1.54, 1.807) is 0 Å². The molecular weight excluding hydrogens is 278 g/mol. The Hall–Kier alpha value is -0.610. The van der Waals surface area contributed by atoms with Gasteiger partial charge in [-0.2, -0.15) is 0 Å². The van der Waals surface area contributed by atoms with Crippen LogP contribution in [-0.4, -0.2) is 24.1 Å². The predicted octanol–water partition coefficient (Wildman–Crippen LogP) is 4.08. The van der Waals surface area contributed by atoms with Gasteiger partial charge in [-0.05, 0) is 51.5 Å². The maximum absolute atomic E-state index is 4.93. The molecule has 0 aliphatic heterocycles. The van der Waals surface area contributed by atoms with Crippen LogP contribution >= 0.6 is 11.3 Å². The molecular formula is C17H31N3S. The van der Waals surface area contributed by atoms with E-state index in [4.69, 9.17) is 4.98 Å². The Morgan fingerprint density at radius 1 is 1.29 bits per heavy atom. The van der Waals surface area contributed by atoms with Gasteiger partial charge in [0.15, 0.2) is 5.13 Å². The van der Waals surface area contributed by atoms with E-state index in [1.165, 1.54) is 35.1 Å². The molecule has 0 aromatic carbocycles. The van der Waals surface area contributed by atoms with Crippen molar-refractivity contribution in [2.24, 2.45) is 11.8 Å². The topological polar surface area (TPSA) is 28.2 Å². The van der Waals surface area contributed by atoms with Gasteiger partial charge < -0.3 is 10.2 Å². The summed E-state index contributed by atoms with van der Waals surface area (Å²) < 4.78 is 0. The van der Waals surface area contributed by atoms with Gasteiger partial charge in [0, 0.05) is 24.0 Å². The first-order valence-electron chi connectivity index (χ1n) is 8.47. The molecule has 2 rings (SSSR count). The van der Waals surface area contributed by atoms with Crippen molar-refractivity contribution in [3.8, 4) is 0 Å². The van der Waals surface area contributed by atoms with Crippen LogP contribution in [0.4, 0.5) is 5.13 Å². The molecule has 4 heteroatoms. The van der Waals surface area contributed by atoms with Gasteiger partial charge in [0.1, 0.15) is 0 Å². The average Bonchev–Trinajstić information content (AvgIpc) is 3.15. The molecule has 3 nitrogen and oxygen atoms in total. The van der Waals surface area contributed by atoms with Gasteiger partial charge in [-0.3, -0.25) is 0 Å². The third-order valence-electron chi connectivity index (χ3n) is 3.96. The van der Waals surface area contributed by atoms with Crippen molar-refractivity contribution in [3.05, 3.63) is 10.6 Å². The van der Waals surface area contributed by atoms with E-state index >= 15 is 0 Å². The van der Waals surface area contributed by atoms with Crippen molar-refractivity contribution >= 4 is 16.5 Å². The van der Waals surface area contributed by atoms with Crippen LogP contribution in [0.2, 0.25) is 0 Å². The fourth-order valence-electron chi connectivity index (χ4n) is 2.47. The number of thiazole rings is 1. The van der Waals surface area contributed by atoms with Gasteiger partial charge in [-0.1, -0.05) is 20.8 Å². The third kappa shape index (κ3) is 4.96. The van der Waals surface area contributed by atoms with Crippen LogP contribution in [0.3, 0.4) is 0 Å². The van der Waals surface area contributed by atoms with Gasteiger partial charge in [0.2, 0.25) is 0 Å². The van der Waals surface area contributed by atoms with Crippen LogP contribution in [0.15, 0.2) is 0 Å². The normalized spacial score (nSPS) is 15.2. The Bertz CT molecular complexity index is 435. The molecule has 0 spiro atoms. The molecule has 21 heavy (non-hydrogen) atoms. The number of hydrogen-bond acceptors (Lipinski definition) is 4. The number of aromatic nitrogens is 1. The van der Waals surface area contributed by atoms with Crippen molar-refractivity contribution in [3.63, 3.8) is 0 Å². The molecule has 1 heterocycles.